The highest BCUT2D eigenvalue weighted by Crippen LogP contribution is 2.39. The molecular weight excluding hydrogens is 787 g/mol. The second-order valence-corrected chi connectivity index (χ2v) is 16.9. The van der Waals surface area contributed by atoms with Crippen molar-refractivity contribution < 1.29 is 0 Å². The van der Waals surface area contributed by atoms with Gasteiger partial charge in [0.25, 0.3) is 0 Å². The average molecular weight is 826 g/mol. The summed E-state index contributed by atoms with van der Waals surface area (Å²) in [6, 6.07) is 83.3. The maximum Gasteiger partial charge on any atom is 0.0979 e. The number of hydrogen-bond donors (Lipinski definition) is 0. The molecular formula is C62H39N3. The number of fused-ring (bicyclic) bond motifs is 10. The lowest BCUT2D eigenvalue weighted by Crippen LogP contribution is -1.94. The van der Waals surface area contributed by atoms with Gasteiger partial charge in [-0.2, -0.15) is 0 Å². The Hall–Kier alpha value is -8.66. The van der Waals surface area contributed by atoms with E-state index in [-0.39, 0.29) is 0 Å². The third-order valence-electron chi connectivity index (χ3n) is 13.2. The zero-order chi connectivity index (χ0) is 42.8. The molecule has 2 heterocycles. The van der Waals surface area contributed by atoms with Gasteiger partial charge in [-0.1, -0.05) is 194 Å². The highest BCUT2D eigenvalue weighted by molar-refractivity contribution is 6.23. The Morgan fingerprint density at radius 1 is 0.292 bits per heavy atom. The van der Waals surface area contributed by atoms with E-state index in [0.29, 0.717) is 0 Å². The fourth-order valence-electron chi connectivity index (χ4n) is 10.1. The van der Waals surface area contributed by atoms with E-state index in [2.05, 4.69) is 235 Å². The van der Waals surface area contributed by atoms with E-state index < -0.39 is 0 Å². The Balaban J connectivity index is 0.858. The van der Waals surface area contributed by atoms with Crippen LogP contribution in [0.1, 0.15) is 0 Å². The summed E-state index contributed by atoms with van der Waals surface area (Å²) in [5.41, 5.74) is 16.7. The minimum atomic E-state index is 0.857. The Bertz CT molecular complexity index is 3970. The molecule has 0 radical (unpaired) electrons. The van der Waals surface area contributed by atoms with Crippen molar-refractivity contribution in [2.24, 2.45) is 0 Å². The summed E-state index contributed by atoms with van der Waals surface area (Å²) in [6.07, 6.45) is 1.92. The highest BCUT2D eigenvalue weighted by Gasteiger charge is 2.16. The van der Waals surface area contributed by atoms with Gasteiger partial charge >= 0.3 is 0 Å². The molecule has 0 fully saturated rings. The second kappa shape index (κ2) is 15.0. The van der Waals surface area contributed by atoms with Crippen molar-refractivity contribution in [3.8, 4) is 61.5 Å². The first-order valence-electron chi connectivity index (χ1n) is 22.2. The molecule has 0 aliphatic carbocycles. The van der Waals surface area contributed by atoms with Crippen LogP contribution >= 0.6 is 0 Å². The molecule has 13 aromatic rings. The monoisotopic (exact) mass is 825 g/mol. The van der Waals surface area contributed by atoms with E-state index in [0.717, 1.165) is 61.0 Å². The van der Waals surface area contributed by atoms with Crippen LogP contribution in [0.15, 0.2) is 237 Å². The van der Waals surface area contributed by atoms with Crippen molar-refractivity contribution in [2.45, 2.75) is 0 Å². The zero-order valence-corrected chi connectivity index (χ0v) is 35.4. The minimum Gasteiger partial charge on any atom is -0.309 e. The van der Waals surface area contributed by atoms with Gasteiger partial charge < -0.3 is 4.57 Å². The van der Waals surface area contributed by atoms with Crippen LogP contribution in [-0.4, -0.2) is 14.5 Å². The van der Waals surface area contributed by atoms with Gasteiger partial charge in [-0.15, -0.1) is 0 Å². The van der Waals surface area contributed by atoms with Crippen LogP contribution in [0.25, 0.3) is 127 Å². The van der Waals surface area contributed by atoms with E-state index in [9.17, 15) is 0 Å². The maximum atomic E-state index is 5.28. The molecule has 302 valence electrons. The van der Waals surface area contributed by atoms with Crippen LogP contribution in [0, 0.1) is 0 Å². The summed E-state index contributed by atoms with van der Waals surface area (Å²) in [5, 5.41) is 9.63. The predicted octanol–water partition coefficient (Wildman–Crippen LogP) is 16.5. The molecule has 0 atom stereocenters. The molecule has 65 heavy (non-hydrogen) atoms. The first-order chi connectivity index (χ1) is 32.2. The van der Waals surface area contributed by atoms with E-state index in [1.165, 1.54) is 65.6 Å². The molecule has 0 spiro atoms. The Kier molecular flexibility index (Phi) is 8.53. The molecule has 0 saturated heterocycles. The van der Waals surface area contributed by atoms with Gasteiger partial charge in [0.15, 0.2) is 0 Å². The average Bonchev–Trinajstić information content (AvgIpc) is 3.72. The summed E-state index contributed by atoms with van der Waals surface area (Å²) in [5.74, 6) is 0. The van der Waals surface area contributed by atoms with Crippen molar-refractivity contribution in [1.82, 2.24) is 14.5 Å². The number of benzene rings is 11. The summed E-state index contributed by atoms with van der Waals surface area (Å²) < 4.78 is 2.42. The molecule has 0 aliphatic rings. The third kappa shape index (κ3) is 6.20. The van der Waals surface area contributed by atoms with Crippen LogP contribution in [0.4, 0.5) is 0 Å². The molecule has 3 nitrogen and oxygen atoms in total. The molecule has 0 bridgehead atoms. The lowest BCUT2D eigenvalue weighted by atomic mass is 9.96. The number of nitrogens with zero attached hydrogens (tertiary/aromatic N) is 3. The van der Waals surface area contributed by atoms with Crippen molar-refractivity contribution in [1.29, 1.82) is 0 Å². The van der Waals surface area contributed by atoms with Crippen LogP contribution in [0.3, 0.4) is 0 Å². The van der Waals surface area contributed by atoms with Gasteiger partial charge in [0.2, 0.25) is 0 Å². The Labute approximate surface area is 376 Å². The standard InChI is InChI=1S/C62H39N3/c1-2-21-50-41(13-1)14-12-27-51(50)42-31-29-40(30-32-42)47-33-34-55-54-24-7-8-28-59(54)65(60(55)38-47)49-20-11-18-46(37-49)44-16-9-15-43(35-44)45-17-10-19-48(36-45)58-39-63-61-56-25-5-3-22-52(56)53-23-4-6-26-57(53)62(61)64-58/h1-39H. The summed E-state index contributed by atoms with van der Waals surface area (Å²) in [6.45, 7) is 0. The SMILES string of the molecule is c1cc(-c2cccc(-c3cnc4c5ccccc5c5ccccc5c4n3)c2)cc(-c2cccc(-n3c4ccccc4c4ccc(-c5ccc(-c6cccc7ccccc67)cc5)cc43)c2)c1. The van der Waals surface area contributed by atoms with Crippen LogP contribution < -0.4 is 0 Å². The van der Waals surface area contributed by atoms with Gasteiger partial charge in [-0.25, -0.2) is 4.98 Å². The predicted molar refractivity (Wildman–Crippen MR) is 274 cm³/mol. The topological polar surface area (TPSA) is 30.7 Å². The van der Waals surface area contributed by atoms with Crippen molar-refractivity contribution in [2.75, 3.05) is 0 Å². The van der Waals surface area contributed by atoms with Crippen molar-refractivity contribution in [3.63, 3.8) is 0 Å². The Morgan fingerprint density at radius 3 is 1.55 bits per heavy atom. The zero-order valence-electron chi connectivity index (χ0n) is 35.4. The Morgan fingerprint density at radius 2 is 0.800 bits per heavy atom. The molecule has 0 saturated carbocycles. The van der Waals surface area contributed by atoms with E-state index >= 15 is 0 Å². The lowest BCUT2D eigenvalue weighted by molar-refractivity contribution is 1.18. The molecule has 13 rings (SSSR count). The third-order valence-corrected chi connectivity index (χ3v) is 13.2. The molecule has 0 N–H and O–H groups in total. The van der Waals surface area contributed by atoms with E-state index in [1.807, 2.05) is 6.20 Å². The molecule has 0 aliphatic heterocycles. The minimum absolute atomic E-state index is 0.857. The number of aromatic nitrogens is 3. The molecule has 2 aromatic heterocycles. The van der Waals surface area contributed by atoms with Crippen molar-refractivity contribution in [3.05, 3.63) is 237 Å². The summed E-state index contributed by atoms with van der Waals surface area (Å²) >= 11 is 0. The van der Waals surface area contributed by atoms with Crippen molar-refractivity contribution >= 4 is 65.2 Å². The van der Waals surface area contributed by atoms with Gasteiger partial charge in [0, 0.05) is 32.8 Å². The van der Waals surface area contributed by atoms with Gasteiger partial charge in [-0.05, 0) is 102 Å². The van der Waals surface area contributed by atoms with Crippen LogP contribution in [0.2, 0.25) is 0 Å². The molecule has 0 amide bonds. The quantitative estimate of drug-likeness (QED) is 0.156. The maximum absolute atomic E-state index is 5.28. The van der Waals surface area contributed by atoms with Crippen LogP contribution in [-0.2, 0) is 0 Å². The summed E-state index contributed by atoms with van der Waals surface area (Å²) in [4.78, 5) is 10.3. The molecule has 0 unspecified atom stereocenters. The molecule has 11 aromatic carbocycles. The van der Waals surface area contributed by atoms with E-state index in [1.54, 1.807) is 0 Å². The smallest absolute Gasteiger partial charge is 0.0979 e. The summed E-state index contributed by atoms with van der Waals surface area (Å²) in [7, 11) is 0. The number of para-hydroxylation sites is 1. The van der Waals surface area contributed by atoms with Gasteiger partial charge in [-0.3, -0.25) is 4.98 Å². The number of hydrogen-bond acceptors (Lipinski definition) is 2. The number of rotatable bonds is 6. The van der Waals surface area contributed by atoms with Crippen LogP contribution in [0.5, 0.6) is 0 Å². The highest BCUT2D eigenvalue weighted by atomic mass is 15.0. The second-order valence-electron chi connectivity index (χ2n) is 16.9. The van der Waals surface area contributed by atoms with Gasteiger partial charge in [0.05, 0.1) is 34.0 Å². The fourth-order valence-corrected chi connectivity index (χ4v) is 10.1. The largest absolute Gasteiger partial charge is 0.309 e. The first kappa shape index (κ1) is 36.9. The first-order valence-corrected chi connectivity index (χ1v) is 22.2. The van der Waals surface area contributed by atoms with Gasteiger partial charge in [0.1, 0.15) is 0 Å². The normalized spacial score (nSPS) is 11.7. The molecule has 3 heteroatoms. The van der Waals surface area contributed by atoms with E-state index in [4.69, 9.17) is 9.97 Å². The lowest BCUT2D eigenvalue weighted by Gasteiger charge is -2.13. The fraction of sp³-hybridized carbons (Fsp3) is 0.